The maximum atomic E-state index is 13.5. The summed E-state index contributed by atoms with van der Waals surface area (Å²) in [7, 11) is 1.57. The largest absolute Gasteiger partial charge is 0.376 e. The maximum absolute atomic E-state index is 13.5. The Morgan fingerprint density at radius 3 is 3.00 bits per heavy atom. The van der Waals surface area contributed by atoms with Gasteiger partial charge in [0.15, 0.2) is 0 Å². The Morgan fingerprint density at radius 2 is 2.20 bits per heavy atom. The van der Waals surface area contributed by atoms with Crippen LogP contribution in [-0.4, -0.2) is 37.5 Å². The first-order valence-electron chi connectivity index (χ1n) is 9.34. The predicted molar refractivity (Wildman–Crippen MR) is 92.5 cm³/mol. The molecule has 3 aliphatic heterocycles. The van der Waals surface area contributed by atoms with Gasteiger partial charge in [-0.3, -0.25) is 14.6 Å². The van der Waals surface area contributed by atoms with Gasteiger partial charge in [-0.25, -0.2) is 0 Å². The van der Waals surface area contributed by atoms with Crippen LogP contribution in [0.3, 0.4) is 0 Å². The Kier molecular flexibility index (Phi) is 2.50. The minimum absolute atomic E-state index is 0.0202. The molecular weight excluding hydrogens is 316 g/mol. The number of carbonyl (C=O) groups excluding carboxylic acids is 1. The van der Waals surface area contributed by atoms with Crippen LogP contribution in [0.2, 0.25) is 0 Å². The zero-order chi connectivity index (χ0) is 17.0. The molecule has 3 heterocycles. The molecule has 1 aromatic rings. The molecule has 0 aromatic heterocycles. The molecule has 1 aromatic carbocycles. The number of rotatable bonds is 2. The van der Waals surface area contributed by atoms with Crippen molar-refractivity contribution in [3.8, 4) is 0 Å². The average Bonchev–Trinajstić information content (AvgIpc) is 3.11. The molecule has 0 N–H and O–H groups in total. The molecule has 1 amide bonds. The lowest BCUT2D eigenvalue weighted by molar-refractivity contribution is -0.146. The van der Waals surface area contributed by atoms with Crippen LogP contribution in [0.25, 0.3) is 0 Å². The number of ether oxygens (including phenoxy) is 1. The molecule has 5 nitrogen and oxygen atoms in total. The second-order valence-electron chi connectivity index (χ2n) is 8.19. The fraction of sp³-hybridized carbons (Fsp3) is 0.600. The quantitative estimate of drug-likeness (QED) is 0.832. The SMILES string of the molecule is CCC1=NC2CC3(C(=O)N(OC)c4ccccc43)C3CC24C(CO3)C14. The summed E-state index contributed by atoms with van der Waals surface area (Å²) in [6.07, 6.45) is 2.66. The Hall–Kier alpha value is -1.72. The molecule has 2 spiro atoms. The monoisotopic (exact) mass is 338 g/mol. The highest BCUT2D eigenvalue weighted by molar-refractivity contribution is 6.07. The van der Waals surface area contributed by atoms with Crippen LogP contribution in [-0.2, 0) is 19.8 Å². The molecular formula is C20H22N2O3. The van der Waals surface area contributed by atoms with E-state index >= 15 is 0 Å². The molecule has 5 heteroatoms. The highest BCUT2D eigenvalue weighted by Gasteiger charge is 2.80. The third-order valence-electron chi connectivity index (χ3n) is 7.66. The Balaban J connectivity index is 1.53. The van der Waals surface area contributed by atoms with Gasteiger partial charge < -0.3 is 4.74 Å². The van der Waals surface area contributed by atoms with Gasteiger partial charge in [0.2, 0.25) is 0 Å². The number of aliphatic imine (C=N–C) groups is 1. The van der Waals surface area contributed by atoms with Crippen LogP contribution in [0.1, 0.15) is 31.7 Å². The van der Waals surface area contributed by atoms with Crippen molar-refractivity contribution in [2.75, 3.05) is 18.8 Å². The highest BCUT2D eigenvalue weighted by atomic mass is 16.7. The Bertz CT molecular complexity index is 836. The fourth-order valence-electron chi connectivity index (χ4n) is 6.63. The number of benzene rings is 1. The topological polar surface area (TPSA) is 51.1 Å². The molecule has 1 saturated heterocycles. The summed E-state index contributed by atoms with van der Waals surface area (Å²) < 4.78 is 6.34. The molecule has 25 heavy (non-hydrogen) atoms. The van der Waals surface area contributed by atoms with Gasteiger partial charge in [-0.2, -0.15) is 5.06 Å². The van der Waals surface area contributed by atoms with Crippen molar-refractivity contribution in [2.24, 2.45) is 22.2 Å². The molecule has 2 bridgehead atoms. The van der Waals surface area contributed by atoms with Gasteiger partial charge in [-0.15, -0.1) is 0 Å². The number of hydrogen-bond donors (Lipinski definition) is 0. The number of amides is 1. The van der Waals surface area contributed by atoms with E-state index in [2.05, 4.69) is 13.0 Å². The Morgan fingerprint density at radius 1 is 1.36 bits per heavy atom. The Labute approximate surface area is 147 Å². The molecule has 5 aliphatic rings. The minimum Gasteiger partial charge on any atom is -0.376 e. The van der Waals surface area contributed by atoms with E-state index in [1.165, 1.54) is 10.8 Å². The van der Waals surface area contributed by atoms with Crippen molar-refractivity contribution in [3.05, 3.63) is 29.8 Å². The number of nitrogens with zero attached hydrogens (tertiary/aromatic N) is 2. The zero-order valence-electron chi connectivity index (χ0n) is 14.6. The number of anilines is 1. The normalized spacial score (nSPS) is 45.4. The lowest BCUT2D eigenvalue weighted by atomic mass is 9.60. The van der Waals surface area contributed by atoms with Gasteiger partial charge >= 0.3 is 0 Å². The van der Waals surface area contributed by atoms with Crippen molar-refractivity contribution in [1.29, 1.82) is 0 Å². The summed E-state index contributed by atoms with van der Waals surface area (Å²) in [6.45, 7) is 2.98. The second-order valence-corrected chi connectivity index (χ2v) is 8.19. The standard InChI is InChI=1S/C20H22N2O3/c1-3-13-17-12-10-25-16-9-19(12,17)15(21-13)8-20(16)11-6-4-5-7-14(11)22(24-2)18(20)23/h4-7,12,15-17H,3,8-10H2,1-2H3. The van der Waals surface area contributed by atoms with Gasteiger partial charge in [-0.1, -0.05) is 25.1 Å². The first-order valence-corrected chi connectivity index (χ1v) is 9.34. The smallest absolute Gasteiger partial charge is 0.264 e. The first kappa shape index (κ1) is 14.4. The lowest BCUT2D eigenvalue weighted by Crippen LogP contribution is -2.58. The van der Waals surface area contributed by atoms with Crippen molar-refractivity contribution >= 4 is 17.3 Å². The average molecular weight is 338 g/mol. The highest BCUT2D eigenvalue weighted by Crippen LogP contribution is 2.75. The van der Waals surface area contributed by atoms with Gasteiger partial charge in [-0.05, 0) is 36.8 Å². The number of hydroxylamine groups is 1. The van der Waals surface area contributed by atoms with Gasteiger partial charge in [0.1, 0.15) is 5.41 Å². The van der Waals surface area contributed by atoms with Crippen LogP contribution in [0.15, 0.2) is 29.3 Å². The van der Waals surface area contributed by atoms with E-state index in [0.717, 1.165) is 37.1 Å². The van der Waals surface area contributed by atoms with E-state index in [1.54, 1.807) is 7.11 Å². The molecule has 3 fully saturated rings. The van der Waals surface area contributed by atoms with E-state index < -0.39 is 5.41 Å². The zero-order valence-corrected chi connectivity index (χ0v) is 14.6. The van der Waals surface area contributed by atoms with Crippen LogP contribution < -0.4 is 5.06 Å². The summed E-state index contributed by atoms with van der Waals surface area (Å²) >= 11 is 0. The van der Waals surface area contributed by atoms with E-state index in [0.29, 0.717) is 11.8 Å². The molecule has 6 atom stereocenters. The molecule has 0 radical (unpaired) electrons. The van der Waals surface area contributed by atoms with Crippen LogP contribution in [0, 0.1) is 17.3 Å². The second kappa shape index (κ2) is 4.33. The summed E-state index contributed by atoms with van der Waals surface area (Å²) in [4.78, 5) is 24.0. The summed E-state index contributed by atoms with van der Waals surface area (Å²) in [6, 6.07) is 8.27. The number of hydrogen-bond acceptors (Lipinski definition) is 4. The fourth-order valence-corrected chi connectivity index (χ4v) is 6.63. The summed E-state index contributed by atoms with van der Waals surface area (Å²) in [5.74, 6) is 1.26. The third-order valence-corrected chi connectivity index (χ3v) is 7.66. The number of carbonyl (C=O) groups is 1. The molecule has 2 aliphatic carbocycles. The summed E-state index contributed by atoms with van der Waals surface area (Å²) in [5.41, 5.74) is 2.92. The number of fused-ring (bicyclic) bond motifs is 5. The minimum atomic E-state index is -0.646. The predicted octanol–water partition coefficient (Wildman–Crippen LogP) is 2.49. The van der Waals surface area contributed by atoms with Crippen LogP contribution >= 0.6 is 0 Å². The molecule has 6 rings (SSSR count). The molecule has 2 saturated carbocycles. The molecule has 6 unspecified atom stereocenters. The van der Waals surface area contributed by atoms with Crippen LogP contribution in [0.5, 0.6) is 0 Å². The molecule has 130 valence electrons. The van der Waals surface area contributed by atoms with Crippen molar-refractivity contribution in [2.45, 2.75) is 43.7 Å². The van der Waals surface area contributed by atoms with E-state index in [-0.39, 0.29) is 23.5 Å². The van der Waals surface area contributed by atoms with E-state index in [9.17, 15) is 4.79 Å². The van der Waals surface area contributed by atoms with Crippen LogP contribution in [0.4, 0.5) is 5.69 Å². The maximum Gasteiger partial charge on any atom is 0.264 e. The number of para-hydroxylation sites is 1. The van der Waals surface area contributed by atoms with Crippen molar-refractivity contribution < 1.29 is 14.4 Å². The first-order chi connectivity index (χ1) is 12.2. The van der Waals surface area contributed by atoms with Gasteiger partial charge in [0.25, 0.3) is 5.91 Å². The third kappa shape index (κ3) is 1.35. The summed E-state index contributed by atoms with van der Waals surface area (Å²) in [5, 5.41) is 1.46. The lowest BCUT2D eigenvalue weighted by Gasteiger charge is -2.48. The van der Waals surface area contributed by atoms with Gasteiger partial charge in [0, 0.05) is 17.0 Å². The van der Waals surface area contributed by atoms with Crippen molar-refractivity contribution in [3.63, 3.8) is 0 Å². The van der Waals surface area contributed by atoms with Gasteiger partial charge in [0.05, 0.1) is 31.5 Å². The van der Waals surface area contributed by atoms with E-state index in [4.69, 9.17) is 14.6 Å². The van der Waals surface area contributed by atoms with Crippen molar-refractivity contribution in [1.82, 2.24) is 0 Å². The van der Waals surface area contributed by atoms with E-state index in [1.807, 2.05) is 18.2 Å².